The molecule has 0 aliphatic rings. The lowest BCUT2D eigenvalue weighted by Gasteiger charge is -2.09. The third-order valence-electron chi connectivity index (χ3n) is 2.87. The molecule has 6 nitrogen and oxygen atoms in total. The molecule has 0 amide bonds. The topological polar surface area (TPSA) is 105 Å². The number of aliphatic hydroxyl groups is 2. The van der Waals surface area contributed by atoms with E-state index in [9.17, 15) is 5.11 Å². The lowest BCUT2D eigenvalue weighted by Crippen LogP contribution is -2.15. The first kappa shape index (κ1) is 15.7. The van der Waals surface area contributed by atoms with Gasteiger partial charge in [-0.15, -0.1) is 0 Å². The number of nitrogens with two attached hydrogens (primary N) is 1. The number of aryl methyl sites for hydroxylation is 2. The SMILES string of the molecule is Cc1ccc(-c2nc(N)nc(SCC(O)CO)n2)c(C)c1. The molecule has 0 spiro atoms. The Morgan fingerprint density at radius 2 is 2.00 bits per heavy atom. The van der Waals surface area contributed by atoms with Crippen molar-refractivity contribution in [2.45, 2.75) is 25.1 Å². The average Bonchev–Trinajstić information content (AvgIpc) is 2.44. The zero-order chi connectivity index (χ0) is 15.4. The average molecular weight is 306 g/mol. The summed E-state index contributed by atoms with van der Waals surface area (Å²) in [6, 6.07) is 6.00. The highest BCUT2D eigenvalue weighted by atomic mass is 32.2. The first-order valence-corrected chi connectivity index (χ1v) is 7.49. The van der Waals surface area contributed by atoms with Crippen molar-refractivity contribution in [1.29, 1.82) is 0 Å². The molecule has 1 aromatic carbocycles. The van der Waals surface area contributed by atoms with Crippen LogP contribution in [0.5, 0.6) is 0 Å². The fourth-order valence-electron chi connectivity index (χ4n) is 1.85. The summed E-state index contributed by atoms with van der Waals surface area (Å²) in [6.07, 6.45) is -0.808. The highest BCUT2D eigenvalue weighted by molar-refractivity contribution is 7.99. The Bertz CT molecular complexity index is 636. The normalized spacial score (nSPS) is 12.4. The van der Waals surface area contributed by atoms with Gasteiger partial charge in [0.25, 0.3) is 0 Å². The first-order chi connectivity index (χ1) is 9.99. The van der Waals surface area contributed by atoms with E-state index in [4.69, 9.17) is 10.8 Å². The van der Waals surface area contributed by atoms with Crippen molar-refractivity contribution in [3.05, 3.63) is 29.3 Å². The highest BCUT2D eigenvalue weighted by Crippen LogP contribution is 2.24. The third-order valence-corrected chi connectivity index (χ3v) is 3.86. The molecule has 0 aliphatic heterocycles. The van der Waals surface area contributed by atoms with Gasteiger partial charge in [0.15, 0.2) is 11.0 Å². The van der Waals surface area contributed by atoms with Crippen molar-refractivity contribution in [3.8, 4) is 11.4 Å². The summed E-state index contributed by atoms with van der Waals surface area (Å²) in [5.74, 6) is 0.952. The van der Waals surface area contributed by atoms with E-state index in [2.05, 4.69) is 21.0 Å². The molecule has 4 N–H and O–H groups in total. The Labute approximate surface area is 127 Å². The molecule has 112 valence electrons. The van der Waals surface area contributed by atoms with Gasteiger partial charge in [-0.25, -0.2) is 4.98 Å². The minimum atomic E-state index is -0.808. The number of hydrogen-bond donors (Lipinski definition) is 3. The van der Waals surface area contributed by atoms with Crippen LogP contribution in [0.4, 0.5) is 5.95 Å². The second-order valence-corrected chi connectivity index (χ2v) is 5.75. The van der Waals surface area contributed by atoms with Gasteiger partial charge in [0.05, 0.1) is 12.7 Å². The largest absolute Gasteiger partial charge is 0.394 e. The van der Waals surface area contributed by atoms with Crippen LogP contribution < -0.4 is 5.73 Å². The molecule has 0 fully saturated rings. The molecular weight excluding hydrogens is 288 g/mol. The fraction of sp³-hybridized carbons (Fsp3) is 0.357. The number of nitrogens with zero attached hydrogens (tertiary/aromatic N) is 3. The summed E-state index contributed by atoms with van der Waals surface area (Å²) >= 11 is 1.23. The summed E-state index contributed by atoms with van der Waals surface area (Å²) < 4.78 is 0. The standard InChI is InChI=1S/C14H18N4O2S/c1-8-3-4-11(9(2)5-8)12-16-13(15)18-14(17-12)21-7-10(20)6-19/h3-5,10,19-20H,6-7H2,1-2H3,(H2,15,16,17,18). The summed E-state index contributed by atoms with van der Waals surface area (Å²) in [5.41, 5.74) is 8.86. The molecule has 0 saturated carbocycles. The predicted molar refractivity (Wildman–Crippen MR) is 83.0 cm³/mol. The van der Waals surface area contributed by atoms with E-state index < -0.39 is 6.10 Å². The Morgan fingerprint density at radius 1 is 1.24 bits per heavy atom. The van der Waals surface area contributed by atoms with Crippen LogP contribution in [0.15, 0.2) is 23.4 Å². The van der Waals surface area contributed by atoms with Crippen molar-refractivity contribution in [2.75, 3.05) is 18.1 Å². The molecule has 7 heteroatoms. The summed E-state index contributed by atoms with van der Waals surface area (Å²) in [4.78, 5) is 12.6. The minimum Gasteiger partial charge on any atom is -0.394 e. The van der Waals surface area contributed by atoms with Crippen LogP contribution in [0, 0.1) is 13.8 Å². The lowest BCUT2D eigenvalue weighted by atomic mass is 10.1. The first-order valence-electron chi connectivity index (χ1n) is 6.50. The molecule has 1 aromatic heterocycles. The van der Waals surface area contributed by atoms with Gasteiger partial charge in [-0.1, -0.05) is 35.5 Å². The maximum atomic E-state index is 9.38. The Kier molecular flexibility index (Phi) is 5.11. The molecule has 1 heterocycles. The Hall–Kier alpha value is -1.70. The van der Waals surface area contributed by atoms with Gasteiger partial charge in [0.1, 0.15) is 0 Å². The van der Waals surface area contributed by atoms with Gasteiger partial charge >= 0.3 is 0 Å². The van der Waals surface area contributed by atoms with Crippen molar-refractivity contribution in [1.82, 2.24) is 15.0 Å². The van der Waals surface area contributed by atoms with Crippen molar-refractivity contribution >= 4 is 17.7 Å². The zero-order valence-corrected chi connectivity index (χ0v) is 12.8. The molecule has 2 aromatic rings. The second-order valence-electron chi connectivity index (χ2n) is 4.77. The van der Waals surface area contributed by atoms with E-state index in [1.165, 1.54) is 17.3 Å². The summed E-state index contributed by atoms with van der Waals surface area (Å²) in [6.45, 7) is 3.72. The molecule has 1 atom stereocenters. The van der Waals surface area contributed by atoms with Gasteiger partial charge in [-0.2, -0.15) is 9.97 Å². The van der Waals surface area contributed by atoms with E-state index in [-0.39, 0.29) is 12.6 Å². The van der Waals surface area contributed by atoms with Crippen LogP contribution in [0.25, 0.3) is 11.4 Å². The third kappa shape index (κ3) is 4.13. The predicted octanol–water partition coefficient (Wildman–Crippen LogP) is 1.18. The number of hydrogen-bond acceptors (Lipinski definition) is 7. The maximum absolute atomic E-state index is 9.38. The molecule has 1 unspecified atom stereocenters. The fourth-order valence-corrected chi connectivity index (χ4v) is 2.60. The second kappa shape index (κ2) is 6.84. The van der Waals surface area contributed by atoms with Gasteiger partial charge in [-0.3, -0.25) is 0 Å². The lowest BCUT2D eigenvalue weighted by molar-refractivity contribution is 0.113. The molecule has 0 aliphatic carbocycles. The van der Waals surface area contributed by atoms with Gasteiger partial charge in [-0.05, 0) is 19.4 Å². The zero-order valence-electron chi connectivity index (χ0n) is 11.9. The molecule has 0 bridgehead atoms. The molecule has 2 rings (SSSR count). The van der Waals surface area contributed by atoms with E-state index in [1.54, 1.807) is 0 Å². The van der Waals surface area contributed by atoms with Crippen LogP contribution in [-0.4, -0.2) is 43.6 Å². The molecular formula is C14H18N4O2S. The summed E-state index contributed by atoms with van der Waals surface area (Å²) in [5, 5.41) is 18.6. The van der Waals surface area contributed by atoms with Gasteiger partial charge in [0.2, 0.25) is 5.95 Å². The summed E-state index contributed by atoms with van der Waals surface area (Å²) in [7, 11) is 0. The minimum absolute atomic E-state index is 0.140. The van der Waals surface area contributed by atoms with Crippen LogP contribution in [0.3, 0.4) is 0 Å². The van der Waals surface area contributed by atoms with Gasteiger partial charge < -0.3 is 15.9 Å². The number of aliphatic hydroxyl groups excluding tert-OH is 2. The number of rotatable bonds is 5. The van der Waals surface area contributed by atoms with E-state index in [1.807, 2.05) is 26.0 Å². The van der Waals surface area contributed by atoms with Crippen LogP contribution in [0.1, 0.15) is 11.1 Å². The van der Waals surface area contributed by atoms with E-state index >= 15 is 0 Å². The quantitative estimate of drug-likeness (QED) is 0.712. The number of aromatic nitrogens is 3. The Morgan fingerprint density at radius 3 is 2.67 bits per heavy atom. The van der Waals surface area contributed by atoms with Crippen molar-refractivity contribution in [3.63, 3.8) is 0 Å². The van der Waals surface area contributed by atoms with Gasteiger partial charge in [0, 0.05) is 11.3 Å². The number of nitrogen functional groups attached to an aromatic ring is 1. The van der Waals surface area contributed by atoms with Crippen molar-refractivity contribution in [2.24, 2.45) is 0 Å². The number of thioether (sulfide) groups is 1. The van der Waals surface area contributed by atoms with Crippen LogP contribution >= 0.6 is 11.8 Å². The number of benzene rings is 1. The highest BCUT2D eigenvalue weighted by Gasteiger charge is 2.11. The van der Waals surface area contributed by atoms with E-state index in [0.717, 1.165) is 11.1 Å². The van der Waals surface area contributed by atoms with Crippen LogP contribution in [0.2, 0.25) is 0 Å². The maximum Gasteiger partial charge on any atom is 0.224 e. The van der Waals surface area contributed by atoms with Crippen molar-refractivity contribution < 1.29 is 10.2 Å². The monoisotopic (exact) mass is 306 g/mol. The molecule has 0 saturated heterocycles. The Balaban J connectivity index is 2.30. The smallest absolute Gasteiger partial charge is 0.224 e. The van der Waals surface area contributed by atoms with E-state index in [0.29, 0.717) is 16.7 Å². The number of anilines is 1. The van der Waals surface area contributed by atoms with Crippen LogP contribution in [-0.2, 0) is 0 Å². The molecule has 21 heavy (non-hydrogen) atoms. The molecule has 0 radical (unpaired) electrons.